The molecule has 1 atom stereocenters. The molecule has 2 nitrogen and oxygen atoms in total. The third-order valence-electron chi connectivity index (χ3n) is 2.30. The van der Waals surface area contributed by atoms with Gasteiger partial charge >= 0.3 is 0 Å². The second-order valence-corrected chi connectivity index (χ2v) is 3.73. The molecule has 1 unspecified atom stereocenters. The van der Waals surface area contributed by atoms with Gasteiger partial charge in [0.25, 0.3) is 0 Å². The average molecular weight is 227 g/mol. The predicted molar refractivity (Wildman–Crippen MR) is 58.0 cm³/mol. The van der Waals surface area contributed by atoms with Gasteiger partial charge in [-0.2, -0.15) is 0 Å². The van der Waals surface area contributed by atoms with Gasteiger partial charge in [0.15, 0.2) is 0 Å². The molecule has 0 bridgehead atoms. The molecule has 0 aliphatic carbocycles. The molecular formula is C12H15F2NO. The maximum atomic E-state index is 13.3. The highest BCUT2D eigenvalue weighted by Crippen LogP contribution is 2.14. The smallest absolute Gasteiger partial charge is 0.219 e. The van der Waals surface area contributed by atoms with Crippen LogP contribution in [0.3, 0.4) is 0 Å². The first-order valence-corrected chi connectivity index (χ1v) is 5.26. The van der Waals surface area contributed by atoms with E-state index in [4.69, 9.17) is 0 Å². The van der Waals surface area contributed by atoms with Crippen molar-refractivity contribution in [2.24, 2.45) is 0 Å². The van der Waals surface area contributed by atoms with E-state index < -0.39 is 11.6 Å². The van der Waals surface area contributed by atoms with Crippen LogP contribution >= 0.6 is 0 Å². The van der Waals surface area contributed by atoms with Crippen molar-refractivity contribution in [3.05, 3.63) is 35.4 Å². The van der Waals surface area contributed by atoms with E-state index in [1.807, 2.05) is 0 Å². The molecule has 1 aromatic carbocycles. The van der Waals surface area contributed by atoms with Gasteiger partial charge < -0.3 is 5.32 Å². The molecule has 4 heteroatoms. The Bertz CT molecular complexity index is 359. The Morgan fingerprint density at radius 3 is 2.44 bits per heavy atom. The van der Waals surface area contributed by atoms with Crippen LogP contribution < -0.4 is 5.32 Å². The monoisotopic (exact) mass is 227 g/mol. The predicted octanol–water partition coefficient (Wildman–Crippen LogP) is 2.42. The van der Waals surface area contributed by atoms with Crippen LogP contribution in [0.1, 0.15) is 25.8 Å². The number of amides is 1. The molecule has 16 heavy (non-hydrogen) atoms. The molecule has 0 saturated heterocycles. The van der Waals surface area contributed by atoms with Gasteiger partial charge in [0.05, 0.1) is 0 Å². The number of carbonyl (C=O) groups excluding carboxylic acids is 1. The van der Waals surface area contributed by atoms with Crippen molar-refractivity contribution in [3.8, 4) is 0 Å². The fourth-order valence-corrected chi connectivity index (χ4v) is 1.46. The lowest BCUT2D eigenvalue weighted by Crippen LogP contribution is -2.33. The summed E-state index contributed by atoms with van der Waals surface area (Å²) >= 11 is 0. The first kappa shape index (κ1) is 12.6. The summed E-state index contributed by atoms with van der Waals surface area (Å²) < 4.78 is 26.6. The maximum absolute atomic E-state index is 13.3. The summed E-state index contributed by atoms with van der Waals surface area (Å²) in [5.74, 6) is -1.26. The van der Waals surface area contributed by atoms with Crippen molar-refractivity contribution in [1.29, 1.82) is 0 Å². The number of halogens is 2. The summed E-state index contributed by atoms with van der Waals surface area (Å²) in [6, 6.07) is 3.47. The zero-order chi connectivity index (χ0) is 12.1. The molecule has 0 saturated carbocycles. The molecule has 0 radical (unpaired) electrons. The molecule has 88 valence electrons. The van der Waals surface area contributed by atoms with Crippen molar-refractivity contribution in [1.82, 2.24) is 5.32 Å². The van der Waals surface area contributed by atoms with Gasteiger partial charge in [0.2, 0.25) is 5.91 Å². The first-order valence-electron chi connectivity index (χ1n) is 5.26. The molecule has 0 fully saturated rings. The topological polar surface area (TPSA) is 29.1 Å². The lowest BCUT2D eigenvalue weighted by molar-refractivity contribution is -0.121. The minimum Gasteiger partial charge on any atom is -0.353 e. The molecule has 1 rings (SSSR count). The van der Waals surface area contributed by atoms with Crippen LogP contribution in [0.25, 0.3) is 0 Å². The maximum Gasteiger partial charge on any atom is 0.219 e. The van der Waals surface area contributed by atoms with Gasteiger partial charge in [-0.3, -0.25) is 4.79 Å². The molecule has 1 amide bonds. The summed E-state index contributed by atoms with van der Waals surface area (Å²) in [5, 5.41) is 2.66. The van der Waals surface area contributed by atoms with E-state index in [1.165, 1.54) is 18.2 Å². The van der Waals surface area contributed by atoms with Crippen molar-refractivity contribution < 1.29 is 13.6 Å². The number of hydrogen-bond acceptors (Lipinski definition) is 1. The van der Waals surface area contributed by atoms with E-state index >= 15 is 0 Å². The minimum atomic E-state index is -0.572. The normalized spacial score (nSPS) is 12.2. The Morgan fingerprint density at radius 1 is 1.38 bits per heavy atom. The van der Waals surface area contributed by atoms with Gasteiger partial charge in [-0.15, -0.1) is 0 Å². The Balaban J connectivity index is 2.69. The van der Waals surface area contributed by atoms with E-state index in [0.29, 0.717) is 6.42 Å². The fourth-order valence-electron chi connectivity index (χ4n) is 1.46. The second kappa shape index (κ2) is 5.58. The van der Waals surface area contributed by atoms with Gasteiger partial charge in [-0.1, -0.05) is 13.0 Å². The lowest BCUT2D eigenvalue weighted by Gasteiger charge is -2.14. The highest BCUT2D eigenvalue weighted by molar-refractivity contribution is 5.75. The zero-order valence-corrected chi connectivity index (χ0v) is 9.39. The van der Waals surface area contributed by atoms with E-state index in [0.717, 1.165) is 0 Å². The van der Waals surface area contributed by atoms with Crippen molar-refractivity contribution in [3.63, 3.8) is 0 Å². The van der Waals surface area contributed by atoms with Gasteiger partial charge in [-0.25, -0.2) is 8.78 Å². The molecular weight excluding hydrogens is 212 g/mol. The Hall–Kier alpha value is -1.45. The molecule has 0 heterocycles. The third kappa shape index (κ3) is 3.29. The third-order valence-corrected chi connectivity index (χ3v) is 2.30. The summed E-state index contributed by atoms with van der Waals surface area (Å²) in [6.07, 6.45) is 0.522. The van der Waals surface area contributed by atoms with E-state index in [2.05, 4.69) is 5.32 Å². The Kier molecular flexibility index (Phi) is 4.40. The van der Waals surface area contributed by atoms with Crippen LogP contribution in [0.2, 0.25) is 0 Å². The number of nitrogens with one attached hydrogen (secondary N) is 1. The molecule has 0 aliphatic heterocycles. The Labute approximate surface area is 93.7 Å². The summed E-state index contributed by atoms with van der Waals surface area (Å²) in [4.78, 5) is 11.1. The number of rotatable bonds is 4. The van der Waals surface area contributed by atoms with Crippen LogP contribution in [0.5, 0.6) is 0 Å². The van der Waals surface area contributed by atoms with Crippen LogP contribution in [0.15, 0.2) is 18.2 Å². The summed E-state index contributed by atoms with van der Waals surface area (Å²) in [5.41, 5.74) is 0.0198. The van der Waals surface area contributed by atoms with Gasteiger partial charge in [0, 0.05) is 18.0 Å². The summed E-state index contributed by atoms with van der Waals surface area (Å²) in [6.45, 7) is 3.45. The lowest BCUT2D eigenvalue weighted by atomic mass is 10.1. The van der Waals surface area contributed by atoms with Crippen molar-refractivity contribution in [2.75, 3.05) is 0 Å². The quantitative estimate of drug-likeness (QED) is 0.841. The van der Waals surface area contributed by atoms with Gasteiger partial charge in [-0.05, 0) is 25.5 Å². The Morgan fingerprint density at radius 2 is 1.94 bits per heavy atom. The van der Waals surface area contributed by atoms with Gasteiger partial charge in [0.1, 0.15) is 11.6 Å². The number of carbonyl (C=O) groups is 1. The number of benzene rings is 1. The average Bonchev–Trinajstić information content (AvgIpc) is 2.23. The molecule has 1 aromatic rings. The highest BCUT2D eigenvalue weighted by atomic mass is 19.1. The largest absolute Gasteiger partial charge is 0.353 e. The number of hydrogen-bond donors (Lipinski definition) is 1. The molecule has 0 aliphatic rings. The molecule has 0 spiro atoms. The van der Waals surface area contributed by atoms with Crippen LogP contribution in [0, 0.1) is 11.6 Å². The van der Waals surface area contributed by atoms with E-state index in [-0.39, 0.29) is 23.9 Å². The standard InChI is InChI=1S/C12H15F2NO/c1-3-12(16)15-8(2)7-9-10(13)5-4-6-11(9)14/h4-6,8H,3,7H2,1-2H3,(H,15,16). The van der Waals surface area contributed by atoms with Crippen LogP contribution in [-0.2, 0) is 11.2 Å². The van der Waals surface area contributed by atoms with E-state index in [1.54, 1.807) is 13.8 Å². The second-order valence-electron chi connectivity index (χ2n) is 3.73. The van der Waals surface area contributed by atoms with Crippen LogP contribution in [0.4, 0.5) is 8.78 Å². The molecule has 0 aromatic heterocycles. The molecule has 1 N–H and O–H groups in total. The van der Waals surface area contributed by atoms with Crippen LogP contribution in [-0.4, -0.2) is 11.9 Å². The van der Waals surface area contributed by atoms with Crippen molar-refractivity contribution >= 4 is 5.91 Å². The van der Waals surface area contributed by atoms with E-state index in [9.17, 15) is 13.6 Å². The fraction of sp³-hybridized carbons (Fsp3) is 0.417. The zero-order valence-electron chi connectivity index (χ0n) is 9.39. The summed E-state index contributed by atoms with van der Waals surface area (Å²) in [7, 11) is 0. The SMILES string of the molecule is CCC(=O)NC(C)Cc1c(F)cccc1F. The highest BCUT2D eigenvalue weighted by Gasteiger charge is 2.13. The van der Waals surface area contributed by atoms with Crippen molar-refractivity contribution in [2.45, 2.75) is 32.7 Å². The minimum absolute atomic E-state index is 0.0198. The first-order chi connectivity index (χ1) is 7.54.